The molecule has 3 aromatic rings. The van der Waals surface area contributed by atoms with Gasteiger partial charge in [0.25, 0.3) is 0 Å². The molecular weight excluding hydrogens is 354 g/mol. The highest BCUT2D eigenvalue weighted by atomic mass is 16.5. The van der Waals surface area contributed by atoms with Gasteiger partial charge in [0.2, 0.25) is 0 Å². The molecule has 1 aliphatic rings. The number of Topliss-reactive ketones (excluding diaryl/α,β-unsaturated/α-hetero) is 1. The molecule has 0 unspecified atom stereocenters. The molecule has 6 heteroatoms. The Bertz CT molecular complexity index is 991. The van der Waals surface area contributed by atoms with Crippen molar-refractivity contribution >= 4 is 17.3 Å². The number of hydrogen-bond donors (Lipinski definition) is 1. The van der Waals surface area contributed by atoms with Crippen molar-refractivity contribution in [1.82, 2.24) is 9.78 Å². The van der Waals surface area contributed by atoms with Crippen molar-refractivity contribution in [2.75, 3.05) is 19.5 Å². The number of ketones is 1. The molecule has 1 aliphatic carbocycles. The van der Waals surface area contributed by atoms with E-state index in [2.05, 4.69) is 12.2 Å². The molecule has 1 heterocycles. The number of methoxy groups -OCH3 is 2. The van der Waals surface area contributed by atoms with Crippen LogP contribution in [0.5, 0.6) is 11.5 Å². The molecule has 0 aliphatic heterocycles. The van der Waals surface area contributed by atoms with E-state index in [1.807, 2.05) is 53.2 Å². The fraction of sp³-hybridized carbons (Fsp3) is 0.273. The predicted molar refractivity (Wildman–Crippen MR) is 108 cm³/mol. The van der Waals surface area contributed by atoms with Crippen molar-refractivity contribution in [1.29, 1.82) is 0 Å². The van der Waals surface area contributed by atoms with Gasteiger partial charge in [-0.25, -0.2) is 4.68 Å². The summed E-state index contributed by atoms with van der Waals surface area (Å²) in [6.45, 7) is 2.10. The molecule has 0 fully saturated rings. The first-order valence-electron chi connectivity index (χ1n) is 9.29. The maximum absolute atomic E-state index is 12.8. The number of benzene rings is 2. The van der Waals surface area contributed by atoms with Crippen LogP contribution in [0.2, 0.25) is 0 Å². The number of anilines is 2. The van der Waals surface area contributed by atoms with E-state index in [1.165, 1.54) is 0 Å². The highest BCUT2D eigenvalue weighted by molar-refractivity contribution is 6.03. The van der Waals surface area contributed by atoms with Gasteiger partial charge in [-0.3, -0.25) is 4.79 Å². The van der Waals surface area contributed by atoms with Gasteiger partial charge >= 0.3 is 0 Å². The van der Waals surface area contributed by atoms with Crippen molar-refractivity contribution in [3.05, 3.63) is 59.8 Å². The Labute approximate surface area is 164 Å². The summed E-state index contributed by atoms with van der Waals surface area (Å²) in [5.74, 6) is 2.58. The number of nitrogens with zero attached hydrogens (tertiary/aromatic N) is 2. The first-order valence-corrected chi connectivity index (χ1v) is 9.29. The van der Waals surface area contributed by atoms with E-state index in [-0.39, 0.29) is 5.78 Å². The van der Waals surface area contributed by atoms with Crippen LogP contribution in [-0.2, 0) is 6.42 Å². The number of fused-ring (bicyclic) bond motifs is 1. The normalized spacial score (nSPS) is 15.8. The minimum absolute atomic E-state index is 0.129. The van der Waals surface area contributed by atoms with E-state index in [0.717, 1.165) is 35.0 Å². The SMILES string of the molecule is COc1ccc(Nc2nn(-c3ccc(OC)cc3)c3c2C(=O)C[C@@H](C)C3)cc1. The Hall–Kier alpha value is -3.28. The zero-order valence-electron chi connectivity index (χ0n) is 16.2. The third-order valence-corrected chi connectivity index (χ3v) is 5.01. The van der Waals surface area contributed by atoms with Gasteiger partial charge in [-0.15, -0.1) is 5.10 Å². The molecule has 6 nitrogen and oxygen atoms in total. The van der Waals surface area contributed by atoms with Crippen molar-refractivity contribution in [2.24, 2.45) is 5.92 Å². The van der Waals surface area contributed by atoms with Gasteiger partial charge < -0.3 is 14.8 Å². The molecule has 2 aromatic carbocycles. The molecular formula is C22H23N3O3. The Morgan fingerprint density at radius 2 is 1.57 bits per heavy atom. The molecule has 0 saturated heterocycles. The predicted octanol–water partition coefficient (Wildman–Crippen LogP) is 4.40. The molecule has 0 saturated carbocycles. The molecule has 0 amide bonds. The summed E-state index contributed by atoms with van der Waals surface area (Å²) >= 11 is 0. The van der Waals surface area contributed by atoms with Gasteiger partial charge in [0.05, 0.1) is 31.2 Å². The van der Waals surface area contributed by atoms with E-state index in [9.17, 15) is 4.79 Å². The molecule has 1 atom stereocenters. The molecule has 144 valence electrons. The van der Waals surface area contributed by atoms with Crippen LogP contribution in [0, 0.1) is 5.92 Å². The van der Waals surface area contributed by atoms with Crippen LogP contribution in [0.15, 0.2) is 48.5 Å². The van der Waals surface area contributed by atoms with Crippen LogP contribution >= 0.6 is 0 Å². The van der Waals surface area contributed by atoms with Gasteiger partial charge in [-0.2, -0.15) is 0 Å². The van der Waals surface area contributed by atoms with Crippen molar-refractivity contribution in [3.8, 4) is 17.2 Å². The lowest BCUT2D eigenvalue weighted by Gasteiger charge is -2.19. The highest BCUT2D eigenvalue weighted by Gasteiger charge is 2.31. The van der Waals surface area contributed by atoms with Crippen LogP contribution in [0.3, 0.4) is 0 Å². The minimum Gasteiger partial charge on any atom is -0.497 e. The molecule has 0 radical (unpaired) electrons. The molecule has 1 N–H and O–H groups in total. The second-order valence-corrected chi connectivity index (χ2v) is 7.07. The van der Waals surface area contributed by atoms with Gasteiger partial charge in [-0.1, -0.05) is 6.92 Å². The lowest BCUT2D eigenvalue weighted by atomic mass is 9.87. The number of rotatable bonds is 5. The third kappa shape index (κ3) is 3.33. The Morgan fingerprint density at radius 1 is 0.964 bits per heavy atom. The lowest BCUT2D eigenvalue weighted by molar-refractivity contribution is 0.0953. The number of aromatic nitrogens is 2. The summed E-state index contributed by atoms with van der Waals surface area (Å²) in [5, 5.41) is 8.06. The summed E-state index contributed by atoms with van der Waals surface area (Å²) < 4.78 is 12.3. The van der Waals surface area contributed by atoms with Crippen LogP contribution in [0.25, 0.3) is 5.69 Å². The fourth-order valence-electron chi connectivity index (χ4n) is 3.59. The molecule has 0 bridgehead atoms. The smallest absolute Gasteiger partial charge is 0.168 e. The topological polar surface area (TPSA) is 65.4 Å². The lowest BCUT2D eigenvalue weighted by Crippen LogP contribution is -2.19. The summed E-state index contributed by atoms with van der Waals surface area (Å²) in [4.78, 5) is 12.8. The maximum Gasteiger partial charge on any atom is 0.168 e. The van der Waals surface area contributed by atoms with Crippen molar-refractivity contribution < 1.29 is 14.3 Å². The quantitative estimate of drug-likeness (QED) is 0.714. The number of carbonyl (C=O) groups excluding carboxylic acids is 1. The summed E-state index contributed by atoms with van der Waals surface area (Å²) in [6, 6.07) is 15.3. The molecule has 1 aromatic heterocycles. The monoisotopic (exact) mass is 377 g/mol. The van der Waals surface area contributed by atoms with E-state index < -0.39 is 0 Å². The van der Waals surface area contributed by atoms with Crippen LogP contribution in [0.4, 0.5) is 11.5 Å². The van der Waals surface area contributed by atoms with E-state index >= 15 is 0 Å². The number of ether oxygens (including phenoxy) is 2. The molecule has 4 rings (SSSR count). The second-order valence-electron chi connectivity index (χ2n) is 7.07. The average molecular weight is 377 g/mol. The number of nitrogens with one attached hydrogen (secondary N) is 1. The van der Waals surface area contributed by atoms with Gasteiger partial charge in [0, 0.05) is 12.1 Å². The highest BCUT2D eigenvalue weighted by Crippen LogP contribution is 2.34. The summed E-state index contributed by atoms with van der Waals surface area (Å²) in [5.41, 5.74) is 3.39. The zero-order valence-corrected chi connectivity index (χ0v) is 16.2. The van der Waals surface area contributed by atoms with Crippen molar-refractivity contribution in [3.63, 3.8) is 0 Å². The summed E-state index contributed by atoms with van der Waals surface area (Å²) in [7, 11) is 3.27. The minimum atomic E-state index is 0.129. The van der Waals surface area contributed by atoms with Gasteiger partial charge in [0.15, 0.2) is 11.6 Å². The standard InChI is InChI=1S/C22H23N3O3/c1-14-12-19-21(20(26)13-14)22(23-15-4-8-17(27-2)9-5-15)24-25(19)16-6-10-18(28-3)11-7-16/h4-11,14H,12-13H2,1-3H3,(H,23,24)/t14-/m0/s1. The second kappa shape index (κ2) is 7.38. The van der Waals surface area contributed by atoms with Crippen LogP contribution in [-0.4, -0.2) is 29.8 Å². The van der Waals surface area contributed by atoms with Gasteiger partial charge in [-0.05, 0) is 60.9 Å². The van der Waals surface area contributed by atoms with E-state index in [4.69, 9.17) is 14.6 Å². The Balaban J connectivity index is 1.76. The maximum atomic E-state index is 12.8. The summed E-state index contributed by atoms with van der Waals surface area (Å²) in [6.07, 6.45) is 1.35. The zero-order chi connectivity index (χ0) is 19.7. The molecule has 0 spiro atoms. The van der Waals surface area contributed by atoms with E-state index in [0.29, 0.717) is 23.7 Å². The van der Waals surface area contributed by atoms with Gasteiger partial charge in [0.1, 0.15) is 11.5 Å². The Morgan fingerprint density at radius 3 is 2.18 bits per heavy atom. The Kier molecular flexibility index (Phi) is 4.77. The molecule has 28 heavy (non-hydrogen) atoms. The van der Waals surface area contributed by atoms with E-state index in [1.54, 1.807) is 14.2 Å². The largest absolute Gasteiger partial charge is 0.497 e. The fourth-order valence-corrected chi connectivity index (χ4v) is 3.59. The average Bonchev–Trinajstić information content (AvgIpc) is 3.07. The first-order chi connectivity index (χ1) is 13.6. The third-order valence-electron chi connectivity index (χ3n) is 5.01. The first kappa shape index (κ1) is 18.1. The van der Waals surface area contributed by atoms with Crippen molar-refractivity contribution in [2.45, 2.75) is 19.8 Å². The number of hydrogen-bond acceptors (Lipinski definition) is 5. The van der Waals surface area contributed by atoms with Crippen LogP contribution < -0.4 is 14.8 Å². The van der Waals surface area contributed by atoms with Crippen LogP contribution in [0.1, 0.15) is 29.4 Å². The number of carbonyl (C=O) groups is 1.